The van der Waals surface area contributed by atoms with Crippen LogP contribution in [0.5, 0.6) is 0 Å². The summed E-state index contributed by atoms with van der Waals surface area (Å²) in [5.74, 6) is 0. The van der Waals surface area contributed by atoms with E-state index in [2.05, 4.69) is 0 Å². The van der Waals surface area contributed by atoms with Crippen LogP contribution < -0.4 is 0 Å². The number of methoxy groups -OCH3 is 1. The van der Waals surface area contributed by atoms with E-state index in [4.69, 9.17) is 18.9 Å². The molecule has 1 aromatic carbocycles. The molecule has 20 heavy (non-hydrogen) atoms. The summed E-state index contributed by atoms with van der Waals surface area (Å²) in [5, 5.41) is 20.1. The highest BCUT2D eigenvalue weighted by atomic mass is 16.7. The number of aliphatic hydroxyl groups is 2. The molecule has 6 nitrogen and oxygen atoms in total. The highest BCUT2D eigenvalue weighted by Crippen LogP contribution is 2.33. The highest BCUT2D eigenvalue weighted by molar-refractivity contribution is 5.16. The lowest BCUT2D eigenvalue weighted by Crippen LogP contribution is -2.62. The molecule has 2 aliphatic rings. The first kappa shape index (κ1) is 13.9. The van der Waals surface area contributed by atoms with Crippen molar-refractivity contribution in [1.29, 1.82) is 0 Å². The summed E-state index contributed by atoms with van der Waals surface area (Å²) >= 11 is 0. The minimum Gasteiger partial charge on any atom is -0.387 e. The van der Waals surface area contributed by atoms with E-state index < -0.39 is 37.0 Å². The largest absolute Gasteiger partial charge is 0.387 e. The zero-order valence-electron chi connectivity index (χ0n) is 11.1. The Morgan fingerprint density at radius 2 is 1.85 bits per heavy atom. The second-order valence-electron chi connectivity index (χ2n) is 4.94. The van der Waals surface area contributed by atoms with Crippen LogP contribution in [0.4, 0.5) is 0 Å². The third kappa shape index (κ3) is 2.46. The molecule has 0 bridgehead atoms. The van der Waals surface area contributed by atoms with Gasteiger partial charge in [0.25, 0.3) is 0 Å². The second-order valence-corrected chi connectivity index (χ2v) is 4.94. The number of rotatable bonds is 2. The number of hydrogen-bond donors (Lipinski definition) is 2. The average Bonchev–Trinajstić information content (AvgIpc) is 2.51. The minimum absolute atomic E-state index is 0.272. The van der Waals surface area contributed by atoms with E-state index in [-0.39, 0.29) is 6.61 Å². The predicted molar refractivity (Wildman–Crippen MR) is 67.7 cm³/mol. The van der Waals surface area contributed by atoms with Gasteiger partial charge in [0.05, 0.1) is 6.61 Å². The normalized spacial score (nSPS) is 41.1. The molecule has 3 rings (SSSR count). The predicted octanol–water partition coefficient (Wildman–Crippen LogP) is 0.194. The number of hydrogen-bond acceptors (Lipinski definition) is 6. The number of aliphatic hydroxyl groups excluding tert-OH is 2. The summed E-state index contributed by atoms with van der Waals surface area (Å²) in [6, 6.07) is 9.45. The van der Waals surface area contributed by atoms with Gasteiger partial charge in [0.2, 0.25) is 0 Å². The summed E-state index contributed by atoms with van der Waals surface area (Å²) < 4.78 is 21.9. The quantitative estimate of drug-likeness (QED) is 0.806. The van der Waals surface area contributed by atoms with E-state index in [9.17, 15) is 10.2 Å². The Balaban J connectivity index is 1.74. The van der Waals surface area contributed by atoms with Crippen LogP contribution in [0.25, 0.3) is 0 Å². The maximum Gasteiger partial charge on any atom is 0.186 e. The van der Waals surface area contributed by atoms with E-state index in [1.54, 1.807) is 0 Å². The van der Waals surface area contributed by atoms with Gasteiger partial charge in [0.1, 0.15) is 24.4 Å². The lowest BCUT2D eigenvalue weighted by Gasteiger charge is -2.45. The van der Waals surface area contributed by atoms with Crippen molar-refractivity contribution >= 4 is 0 Å². The van der Waals surface area contributed by atoms with E-state index in [0.29, 0.717) is 0 Å². The van der Waals surface area contributed by atoms with Crippen LogP contribution in [0.15, 0.2) is 30.3 Å². The Morgan fingerprint density at radius 3 is 2.55 bits per heavy atom. The fourth-order valence-electron chi connectivity index (χ4n) is 2.55. The molecule has 0 saturated carbocycles. The first-order valence-electron chi connectivity index (χ1n) is 6.57. The van der Waals surface area contributed by atoms with Crippen LogP contribution in [0.1, 0.15) is 11.9 Å². The van der Waals surface area contributed by atoms with E-state index in [0.717, 1.165) is 5.56 Å². The van der Waals surface area contributed by atoms with Crippen molar-refractivity contribution in [2.45, 2.75) is 37.0 Å². The molecule has 2 aliphatic heterocycles. The van der Waals surface area contributed by atoms with Crippen molar-refractivity contribution in [3.63, 3.8) is 0 Å². The van der Waals surface area contributed by atoms with Crippen molar-refractivity contribution < 1.29 is 29.2 Å². The van der Waals surface area contributed by atoms with Crippen LogP contribution in [-0.4, -0.2) is 54.6 Å². The molecule has 0 amide bonds. The molecule has 6 atom stereocenters. The van der Waals surface area contributed by atoms with E-state index in [1.165, 1.54) is 7.11 Å². The average molecular weight is 282 g/mol. The fraction of sp³-hybridized carbons (Fsp3) is 0.571. The SMILES string of the molecule is CO[C@H]1O[C@@H]2COC(c3ccccc3)O[C@@H]2[C@@H](O)[C@H]1O. The molecule has 1 unspecified atom stereocenters. The molecular formula is C14H18O6. The molecule has 2 heterocycles. The number of ether oxygens (including phenoxy) is 4. The molecule has 0 aromatic heterocycles. The number of fused-ring (bicyclic) bond motifs is 1. The van der Waals surface area contributed by atoms with Crippen molar-refractivity contribution in [3.05, 3.63) is 35.9 Å². The Hall–Kier alpha value is -1.02. The van der Waals surface area contributed by atoms with Gasteiger partial charge < -0.3 is 29.2 Å². The highest BCUT2D eigenvalue weighted by Gasteiger charge is 2.48. The van der Waals surface area contributed by atoms with Gasteiger partial charge in [0.15, 0.2) is 12.6 Å². The molecule has 2 fully saturated rings. The summed E-state index contributed by atoms with van der Waals surface area (Å²) in [4.78, 5) is 0. The lowest BCUT2D eigenvalue weighted by atomic mass is 9.98. The van der Waals surface area contributed by atoms with Gasteiger partial charge in [-0.2, -0.15) is 0 Å². The first-order valence-corrected chi connectivity index (χ1v) is 6.57. The molecule has 110 valence electrons. The summed E-state index contributed by atoms with van der Waals surface area (Å²) in [6.45, 7) is 0.272. The van der Waals surface area contributed by atoms with E-state index in [1.807, 2.05) is 30.3 Å². The second kappa shape index (κ2) is 5.77. The van der Waals surface area contributed by atoms with Gasteiger partial charge >= 0.3 is 0 Å². The zero-order chi connectivity index (χ0) is 14.1. The Labute approximate surface area is 116 Å². The minimum atomic E-state index is -1.14. The zero-order valence-corrected chi connectivity index (χ0v) is 11.1. The van der Waals surface area contributed by atoms with Gasteiger partial charge in [0, 0.05) is 12.7 Å². The van der Waals surface area contributed by atoms with Crippen LogP contribution in [-0.2, 0) is 18.9 Å². The van der Waals surface area contributed by atoms with Gasteiger partial charge in [-0.05, 0) is 0 Å². The fourth-order valence-corrected chi connectivity index (χ4v) is 2.55. The van der Waals surface area contributed by atoms with Crippen molar-refractivity contribution in [1.82, 2.24) is 0 Å². The smallest absolute Gasteiger partial charge is 0.186 e. The van der Waals surface area contributed by atoms with Gasteiger partial charge in [-0.25, -0.2) is 0 Å². The third-order valence-electron chi connectivity index (χ3n) is 3.64. The molecule has 1 aromatic rings. The van der Waals surface area contributed by atoms with Crippen molar-refractivity contribution in [2.75, 3.05) is 13.7 Å². The summed E-state index contributed by atoms with van der Waals surface area (Å²) in [6.07, 6.45) is -4.76. The van der Waals surface area contributed by atoms with Crippen molar-refractivity contribution in [2.24, 2.45) is 0 Å². The first-order chi connectivity index (χ1) is 9.70. The maximum absolute atomic E-state index is 10.1. The topological polar surface area (TPSA) is 77.4 Å². The molecule has 2 N–H and O–H groups in total. The third-order valence-corrected chi connectivity index (χ3v) is 3.64. The lowest BCUT2D eigenvalue weighted by molar-refractivity contribution is -0.358. The standard InChI is InChI=1S/C14H18O6/c1-17-14-11(16)10(15)12-9(19-14)7-18-13(20-12)8-5-3-2-4-6-8/h2-6,9-16H,7H2,1H3/t9-,10+,11-,12+,13?,14+/m1/s1. The van der Waals surface area contributed by atoms with Gasteiger partial charge in [-0.15, -0.1) is 0 Å². The van der Waals surface area contributed by atoms with Crippen LogP contribution in [0, 0.1) is 0 Å². The molecule has 2 saturated heterocycles. The monoisotopic (exact) mass is 282 g/mol. The Bertz CT molecular complexity index is 437. The Morgan fingerprint density at radius 1 is 1.10 bits per heavy atom. The Kier molecular flexibility index (Phi) is 4.02. The summed E-state index contributed by atoms with van der Waals surface area (Å²) in [5.41, 5.74) is 0.863. The molecular weight excluding hydrogens is 264 g/mol. The van der Waals surface area contributed by atoms with E-state index >= 15 is 0 Å². The molecule has 0 radical (unpaired) electrons. The molecule has 0 aliphatic carbocycles. The van der Waals surface area contributed by atoms with Crippen LogP contribution in [0.2, 0.25) is 0 Å². The molecule has 6 heteroatoms. The van der Waals surface area contributed by atoms with Gasteiger partial charge in [-0.3, -0.25) is 0 Å². The summed E-state index contributed by atoms with van der Waals surface area (Å²) in [7, 11) is 1.41. The van der Waals surface area contributed by atoms with Crippen molar-refractivity contribution in [3.8, 4) is 0 Å². The maximum atomic E-state index is 10.1. The van der Waals surface area contributed by atoms with Crippen LogP contribution in [0.3, 0.4) is 0 Å². The van der Waals surface area contributed by atoms with Crippen LogP contribution >= 0.6 is 0 Å². The molecule has 0 spiro atoms. The number of benzene rings is 1. The van der Waals surface area contributed by atoms with Gasteiger partial charge in [-0.1, -0.05) is 30.3 Å².